The van der Waals surface area contributed by atoms with Gasteiger partial charge >= 0.3 is 0 Å². The van der Waals surface area contributed by atoms with Crippen molar-refractivity contribution in [2.24, 2.45) is 17.4 Å². The SMILES string of the molecule is Cc1ccc(NC2=CC(N)(C3CCC(N)CC3)Nn3ccnc32)cc1C. The van der Waals surface area contributed by atoms with Crippen LogP contribution < -0.4 is 22.2 Å². The molecule has 1 unspecified atom stereocenters. The largest absolute Gasteiger partial charge is 0.353 e. The summed E-state index contributed by atoms with van der Waals surface area (Å²) in [6, 6.07) is 6.68. The van der Waals surface area contributed by atoms with Gasteiger partial charge in [0.15, 0.2) is 5.82 Å². The molecule has 0 spiro atoms. The number of nitrogens with zero attached hydrogens (tertiary/aromatic N) is 2. The first-order valence-electron chi connectivity index (χ1n) is 9.38. The maximum atomic E-state index is 6.83. The third-order valence-corrected chi connectivity index (χ3v) is 5.81. The number of benzene rings is 1. The van der Waals surface area contributed by atoms with Crippen molar-refractivity contribution in [1.82, 2.24) is 9.66 Å². The molecule has 6 nitrogen and oxygen atoms in total. The number of imidazole rings is 1. The Morgan fingerprint density at radius 2 is 1.96 bits per heavy atom. The predicted molar refractivity (Wildman–Crippen MR) is 106 cm³/mol. The molecule has 6 heteroatoms. The van der Waals surface area contributed by atoms with E-state index in [1.165, 1.54) is 11.1 Å². The number of aromatic nitrogens is 2. The van der Waals surface area contributed by atoms with Crippen LogP contribution in [0, 0.1) is 19.8 Å². The number of nitrogens with two attached hydrogens (primary N) is 2. The lowest BCUT2D eigenvalue weighted by molar-refractivity contribution is 0.239. The van der Waals surface area contributed by atoms with Crippen LogP contribution >= 0.6 is 0 Å². The van der Waals surface area contributed by atoms with E-state index < -0.39 is 5.66 Å². The Labute approximate surface area is 154 Å². The minimum atomic E-state index is -0.615. The van der Waals surface area contributed by atoms with E-state index in [1.54, 1.807) is 6.20 Å². The topological polar surface area (TPSA) is 93.9 Å². The van der Waals surface area contributed by atoms with Crippen LogP contribution in [-0.4, -0.2) is 21.4 Å². The van der Waals surface area contributed by atoms with E-state index in [1.807, 2.05) is 10.9 Å². The van der Waals surface area contributed by atoms with Gasteiger partial charge in [-0.15, -0.1) is 0 Å². The number of rotatable bonds is 3. The second kappa shape index (κ2) is 6.45. The van der Waals surface area contributed by atoms with Crippen molar-refractivity contribution < 1.29 is 0 Å². The van der Waals surface area contributed by atoms with Gasteiger partial charge in [0.05, 0.1) is 5.70 Å². The van der Waals surface area contributed by atoms with Gasteiger partial charge in [-0.3, -0.25) is 0 Å². The summed E-state index contributed by atoms with van der Waals surface area (Å²) in [6.45, 7) is 4.24. The Morgan fingerprint density at radius 1 is 1.19 bits per heavy atom. The number of nitrogens with one attached hydrogen (secondary N) is 2. The summed E-state index contributed by atoms with van der Waals surface area (Å²) in [5.41, 5.74) is 20.3. The first kappa shape index (κ1) is 17.1. The average Bonchev–Trinajstić information content (AvgIpc) is 3.07. The number of hydrogen-bond donors (Lipinski definition) is 4. The molecule has 1 fully saturated rings. The number of anilines is 1. The molecule has 1 aliphatic heterocycles. The van der Waals surface area contributed by atoms with Gasteiger partial charge in [-0.05, 0) is 68.9 Å². The van der Waals surface area contributed by atoms with Crippen LogP contribution in [0.15, 0.2) is 36.7 Å². The summed E-state index contributed by atoms with van der Waals surface area (Å²) in [6.07, 6.45) is 9.92. The van der Waals surface area contributed by atoms with Crippen LogP contribution in [0.2, 0.25) is 0 Å². The molecule has 138 valence electrons. The van der Waals surface area contributed by atoms with Gasteiger partial charge in [0.1, 0.15) is 5.66 Å². The quantitative estimate of drug-likeness (QED) is 0.681. The van der Waals surface area contributed by atoms with E-state index in [-0.39, 0.29) is 0 Å². The van der Waals surface area contributed by atoms with Crippen molar-refractivity contribution >= 4 is 11.4 Å². The van der Waals surface area contributed by atoms with Gasteiger partial charge in [0.25, 0.3) is 0 Å². The maximum Gasteiger partial charge on any atom is 0.174 e. The highest BCUT2D eigenvalue weighted by atomic mass is 15.5. The number of fused-ring (bicyclic) bond motifs is 1. The molecule has 2 aromatic rings. The fourth-order valence-corrected chi connectivity index (χ4v) is 4.01. The molecule has 1 aliphatic carbocycles. The molecule has 6 N–H and O–H groups in total. The van der Waals surface area contributed by atoms with Gasteiger partial charge in [-0.1, -0.05) is 6.07 Å². The Bertz CT molecular complexity index is 831. The molecule has 0 radical (unpaired) electrons. The normalized spacial score (nSPS) is 28.1. The van der Waals surface area contributed by atoms with Gasteiger partial charge in [-0.25, -0.2) is 9.66 Å². The van der Waals surface area contributed by atoms with Crippen molar-refractivity contribution in [1.29, 1.82) is 0 Å². The molecule has 0 amide bonds. The first-order chi connectivity index (χ1) is 12.4. The molecular weight excluding hydrogens is 324 g/mol. The second-order valence-corrected chi connectivity index (χ2v) is 7.76. The van der Waals surface area contributed by atoms with Gasteiger partial charge in [0.2, 0.25) is 0 Å². The molecule has 0 bridgehead atoms. The molecule has 1 aromatic heterocycles. The van der Waals surface area contributed by atoms with E-state index in [4.69, 9.17) is 11.5 Å². The summed E-state index contributed by atoms with van der Waals surface area (Å²) in [7, 11) is 0. The van der Waals surface area contributed by atoms with Gasteiger partial charge < -0.3 is 22.2 Å². The van der Waals surface area contributed by atoms with Crippen molar-refractivity contribution in [3.05, 3.63) is 53.6 Å². The Balaban J connectivity index is 1.66. The average molecular weight is 352 g/mol. The molecule has 4 rings (SSSR count). The molecular formula is C20H28N6. The minimum Gasteiger partial charge on any atom is -0.353 e. The number of hydrogen-bond acceptors (Lipinski definition) is 5. The first-order valence-corrected chi connectivity index (χ1v) is 9.38. The lowest BCUT2D eigenvalue weighted by atomic mass is 9.78. The monoisotopic (exact) mass is 352 g/mol. The fraction of sp³-hybridized carbons (Fsp3) is 0.450. The second-order valence-electron chi connectivity index (χ2n) is 7.76. The molecule has 1 atom stereocenters. The predicted octanol–water partition coefficient (Wildman–Crippen LogP) is 2.68. The lowest BCUT2D eigenvalue weighted by Crippen LogP contribution is -2.58. The van der Waals surface area contributed by atoms with Gasteiger partial charge in [-0.2, -0.15) is 0 Å². The Kier molecular flexibility index (Phi) is 4.25. The number of aryl methyl sites for hydroxylation is 2. The van der Waals surface area contributed by atoms with Crippen LogP contribution in [0.4, 0.5) is 5.69 Å². The van der Waals surface area contributed by atoms with Crippen molar-refractivity contribution in [2.75, 3.05) is 10.7 Å². The summed E-state index contributed by atoms with van der Waals surface area (Å²) in [5.74, 6) is 1.19. The molecule has 26 heavy (non-hydrogen) atoms. The van der Waals surface area contributed by atoms with Crippen molar-refractivity contribution in [2.45, 2.75) is 51.2 Å². The Hall–Kier alpha value is -2.31. The lowest BCUT2D eigenvalue weighted by Gasteiger charge is -2.42. The van der Waals surface area contributed by atoms with Crippen LogP contribution in [0.1, 0.15) is 42.6 Å². The van der Waals surface area contributed by atoms with E-state index in [0.717, 1.165) is 42.9 Å². The van der Waals surface area contributed by atoms with E-state index in [0.29, 0.717) is 12.0 Å². The molecule has 1 aromatic carbocycles. The van der Waals surface area contributed by atoms with Crippen molar-refractivity contribution in [3.63, 3.8) is 0 Å². The van der Waals surface area contributed by atoms with Crippen molar-refractivity contribution in [3.8, 4) is 0 Å². The molecule has 2 aliphatic rings. The zero-order valence-corrected chi connectivity index (χ0v) is 15.5. The highest BCUT2D eigenvalue weighted by Crippen LogP contribution is 2.35. The van der Waals surface area contributed by atoms with Crippen LogP contribution in [0.5, 0.6) is 0 Å². The Morgan fingerprint density at radius 3 is 2.69 bits per heavy atom. The third kappa shape index (κ3) is 3.10. The summed E-state index contributed by atoms with van der Waals surface area (Å²) >= 11 is 0. The third-order valence-electron chi connectivity index (χ3n) is 5.81. The van der Waals surface area contributed by atoms with E-state index in [9.17, 15) is 0 Å². The van der Waals surface area contributed by atoms with Gasteiger partial charge in [0, 0.05) is 30.0 Å². The van der Waals surface area contributed by atoms with Crippen LogP contribution in [0.3, 0.4) is 0 Å². The zero-order valence-electron chi connectivity index (χ0n) is 15.5. The minimum absolute atomic E-state index is 0.305. The summed E-state index contributed by atoms with van der Waals surface area (Å²) in [5, 5.41) is 3.53. The smallest absolute Gasteiger partial charge is 0.174 e. The summed E-state index contributed by atoms with van der Waals surface area (Å²) in [4.78, 5) is 4.49. The standard InChI is InChI=1S/C20H28N6/c1-13-3-8-17(11-14(13)2)24-18-12-20(22,15-4-6-16(21)7-5-15)25-26-10-9-23-19(18)26/h3,8-12,15-16,24-25H,4-7,21-22H2,1-2H3. The highest BCUT2D eigenvalue weighted by Gasteiger charge is 2.39. The zero-order chi connectivity index (χ0) is 18.3. The maximum absolute atomic E-state index is 6.83. The van der Waals surface area contributed by atoms with E-state index in [2.05, 4.69) is 53.8 Å². The van der Waals surface area contributed by atoms with Crippen LogP contribution in [-0.2, 0) is 0 Å². The molecule has 0 saturated heterocycles. The molecule has 2 heterocycles. The van der Waals surface area contributed by atoms with E-state index >= 15 is 0 Å². The fourth-order valence-electron chi connectivity index (χ4n) is 4.01. The highest BCUT2D eigenvalue weighted by molar-refractivity contribution is 5.76. The molecule has 1 saturated carbocycles. The summed E-state index contributed by atoms with van der Waals surface area (Å²) < 4.78 is 1.93. The van der Waals surface area contributed by atoms with Crippen LogP contribution in [0.25, 0.3) is 5.70 Å².